The Morgan fingerprint density at radius 2 is 1.15 bits per heavy atom. The minimum atomic E-state index is 0.0666. The summed E-state index contributed by atoms with van der Waals surface area (Å²) in [4.78, 5) is 4.84. The Morgan fingerprint density at radius 1 is 0.537 bits per heavy atom. The Kier molecular flexibility index (Phi) is 4.93. The quantitative estimate of drug-likeness (QED) is 0.206. The number of benzene rings is 6. The van der Waals surface area contributed by atoms with Gasteiger partial charge in [0, 0.05) is 26.5 Å². The Balaban J connectivity index is 1.28. The molecule has 0 aliphatic carbocycles. The van der Waals surface area contributed by atoms with Crippen molar-refractivity contribution in [1.82, 2.24) is 0 Å². The molecule has 0 fully saturated rings. The van der Waals surface area contributed by atoms with Crippen molar-refractivity contribution in [1.29, 1.82) is 0 Å². The van der Waals surface area contributed by atoms with Gasteiger partial charge >= 0.3 is 0 Å². The third kappa shape index (κ3) is 3.42. The lowest BCUT2D eigenvalue weighted by atomic mass is 9.35. The van der Waals surface area contributed by atoms with Gasteiger partial charge in [0.2, 0.25) is 0 Å². The van der Waals surface area contributed by atoms with Crippen molar-refractivity contribution in [3.05, 3.63) is 133 Å². The highest BCUT2D eigenvalue weighted by molar-refractivity contribution is 7.99. The van der Waals surface area contributed by atoms with Gasteiger partial charge in [-0.3, -0.25) is 0 Å². The second kappa shape index (κ2) is 8.82. The number of hydrogen-bond acceptors (Lipinski definition) is 4. The molecule has 41 heavy (non-hydrogen) atoms. The first-order valence-electron chi connectivity index (χ1n) is 13.8. The second-order valence-electron chi connectivity index (χ2n) is 10.5. The lowest BCUT2D eigenvalue weighted by molar-refractivity contribution is 0.465. The fourth-order valence-corrected chi connectivity index (χ4v) is 7.52. The van der Waals surface area contributed by atoms with E-state index in [9.17, 15) is 0 Å². The average Bonchev–Trinajstić information content (AvgIpc) is 3.03. The van der Waals surface area contributed by atoms with E-state index in [-0.39, 0.29) is 6.71 Å². The molecule has 0 aromatic heterocycles. The predicted molar refractivity (Wildman–Crippen MR) is 168 cm³/mol. The van der Waals surface area contributed by atoms with E-state index in [2.05, 4.69) is 126 Å². The van der Waals surface area contributed by atoms with E-state index in [0.29, 0.717) is 0 Å². The van der Waals surface area contributed by atoms with Crippen molar-refractivity contribution in [2.24, 2.45) is 0 Å². The van der Waals surface area contributed by atoms with Crippen LogP contribution in [0.3, 0.4) is 0 Å². The van der Waals surface area contributed by atoms with E-state index in [4.69, 9.17) is 9.47 Å². The highest BCUT2D eigenvalue weighted by atomic mass is 32.2. The minimum absolute atomic E-state index is 0.0666. The van der Waals surface area contributed by atoms with Crippen molar-refractivity contribution in [3.8, 4) is 34.1 Å². The van der Waals surface area contributed by atoms with Gasteiger partial charge in [-0.2, -0.15) is 0 Å². The summed E-state index contributed by atoms with van der Waals surface area (Å²) in [5.41, 5.74) is 9.11. The summed E-state index contributed by atoms with van der Waals surface area (Å²) >= 11 is 1.82. The van der Waals surface area contributed by atoms with Crippen LogP contribution >= 0.6 is 11.8 Å². The third-order valence-corrected chi connectivity index (χ3v) is 9.28. The molecule has 0 radical (unpaired) electrons. The molecule has 0 bridgehead atoms. The largest absolute Gasteiger partial charge is 0.458 e. The summed E-state index contributed by atoms with van der Waals surface area (Å²) in [6.07, 6.45) is 0. The van der Waals surface area contributed by atoms with Gasteiger partial charge < -0.3 is 14.4 Å². The number of ether oxygens (including phenoxy) is 2. The topological polar surface area (TPSA) is 21.7 Å². The molecule has 3 heterocycles. The highest BCUT2D eigenvalue weighted by Crippen LogP contribution is 2.55. The number of rotatable bonds is 2. The molecule has 0 amide bonds. The summed E-state index contributed by atoms with van der Waals surface area (Å²) in [6.45, 7) is 0.0666. The van der Waals surface area contributed by atoms with E-state index in [0.717, 1.165) is 45.3 Å². The smallest absolute Gasteiger partial charge is 0.260 e. The average molecular weight is 543 g/mol. The summed E-state index contributed by atoms with van der Waals surface area (Å²) < 4.78 is 13.2. The van der Waals surface area contributed by atoms with Gasteiger partial charge in [0.15, 0.2) is 0 Å². The molecule has 0 saturated heterocycles. The molecule has 9 rings (SSSR count). The zero-order valence-electron chi connectivity index (χ0n) is 22.0. The van der Waals surface area contributed by atoms with E-state index in [1.165, 1.54) is 32.1 Å². The maximum Gasteiger partial charge on any atom is 0.260 e. The molecule has 3 aliphatic heterocycles. The van der Waals surface area contributed by atoms with Crippen molar-refractivity contribution in [2.45, 2.75) is 9.79 Å². The maximum absolute atomic E-state index is 6.61. The van der Waals surface area contributed by atoms with Crippen LogP contribution in [0.2, 0.25) is 0 Å². The zero-order chi connectivity index (χ0) is 26.9. The van der Waals surface area contributed by atoms with Gasteiger partial charge in [0.25, 0.3) is 6.71 Å². The van der Waals surface area contributed by atoms with Crippen molar-refractivity contribution in [3.63, 3.8) is 0 Å². The van der Waals surface area contributed by atoms with Crippen LogP contribution in [0.15, 0.2) is 143 Å². The summed E-state index contributed by atoms with van der Waals surface area (Å²) in [7, 11) is 0. The van der Waals surface area contributed by atoms with Gasteiger partial charge in [-0.05, 0) is 71.1 Å². The zero-order valence-corrected chi connectivity index (χ0v) is 22.8. The molecule has 0 atom stereocenters. The Labute approximate surface area is 243 Å². The number of hydrogen-bond donors (Lipinski definition) is 0. The monoisotopic (exact) mass is 543 g/mol. The predicted octanol–water partition coefficient (Wildman–Crippen LogP) is 8.02. The first-order chi connectivity index (χ1) is 20.3. The highest BCUT2D eigenvalue weighted by Gasteiger charge is 2.40. The first kappa shape index (κ1) is 22.9. The van der Waals surface area contributed by atoms with Gasteiger partial charge in [0.05, 0.1) is 11.4 Å². The van der Waals surface area contributed by atoms with Crippen LogP contribution in [0, 0.1) is 0 Å². The van der Waals surface area contributed by atoms with Crippen molar-refractivity contribution < 1.29 is 9.47 Å². The van der Waals surface area contributed by atoms with Gasteiger partial charge in [-0.25, -0.2) is 0 Å². The Hall–Kier alpha value is -4.87. The summed E-state index contributed by atoms with van der Waals surface area (Å²) in [6, 6.07) is 46.9. The standard InChI is InChI=1S/C36H22BNO2S/c1-2-11-24(12-3-1)38-28-16-6-9-19-33(28)41-34-20-10-13-25(36(34)38)23-21-31-35-32(22-23)40-30-18-8-5-15-27(30)37(35)26-14-4-7-17-29(26)39-31/h1-22H. The molecule has 6 aromatic rings. The summed E-state index contributed by atoms with van der Waals surface area (Å²) in [5, 5.41) is 0. The van der Waals surface area contributed by atoms with E-state index in [1.807, 2.05) is 23.9 Å². The van der Waals surface area contributed by atoms with Crippen LogP contribution in [0.4, 0.5) is 17.1 Å². The molecular weight excluding hydrogens is 521 g/mol. The first-order valence-corrected chi connectivity index (χ1v) is 14.6. The molecule has 0 N–H and O–H groups in total. The molecule has 3 aliphatic rings. The van der Waals surface area contributed by atoms with Crippen LogP contribution in [0.25, 0.3) is 11.1 Å². The van der Waals surface area contributed by atoms with Crippen LogP contribution in [0.5, 0.6) is 23.0 Å². The number of fused-ring (bicyclic) bond motifs is 6. The molecule has 6 aromatic carbocycles. The fraction of sp³-hybridized carbons (Fsp3) is 0. The summed E-state index contributed by atoms with van der Waals surface area (Å²) in [5.74, 6) is 3.50. The molecule has 3 nitrogen and oxygen atoms in total. The molecule has 0 spiro atoms. The Morgan fingerprint density at radius 3 is 1.88 bits per heavy atom. The second-order valence-corrected chi connectivity index (χ2v) is 11.6. The van der Waals surface area contributed by atoms with E-state index in [1.54, 1.807) is 0 Å². The minimum Gasteiger partial charge on any atom is -0.458 e. The molecule has 192 valence electrons. The molecule has 5 heteroatoms. The number of para-hydroxylation sites is 5. The lowest BCUT2D eigenvalue weighted by Gasteiger charge is -2.35. The fourth-order valence-electron chi connectivity index (χ4n) is 6.43. The van der Waals surface area contributed by atoms with Gasteiger partial charge in [0.1, 0.15) is 23.0 Å². The van der Waals surface area contributed by atoms with Crippen molar-refractivity contribution in [2.75, 3.05) is 4.90 Å². The SMILES string of the molecule is c1ccc(N2c3ccccc3Sc3cccc(-c4cc5c6c(c4)Oc4ccccc4B6c4ccccc4O5)c32)cc1. The Bertz CT molecular complexity index is 1940. The van der Waals surface area contributed by atoms with E-state index >= 15 is 0 Å². The molecule has 0 saturated carbocycles. The van der Waals surface area contributed by atoms with Gasteiger partial charge in [-0.15, -0.1) is 0 Å². The van der Waals surface area contributed by atoms with Crippen LogP contribution in [0.1, 0.15) is 0 Å². The lowest BCUT2D eigenvalue weighted by Crippen LogP contribution is -2.57. The normalized spacial score (nSPS) is 13.6. The molecule has 0 unspecified atom stereocenters. The van der Waals surface area contributed by atoms with Crippen LogP contribution in [-0.4, -0.2) is 6.71 Å². The van der Waals surface area contributed by atoms with Crippen LogP contribution in [-0.2, 0) is 0 Å². The van der Waals surface area contributed by atoms with Crippen molar-refractivity contribution >= 4 is 51.9 Å². The molecular formula is C36H22BNO2S. The maximum atomic E-state index is 6.61. The van der Waals surface area contributed by atoms with E-state index < -0.39 is 0 Å². The number of nitrogens with zero attached hydrogens (tertiary/aromatic N) is 1. The number of anilines is 3. The van der Waals surface area contributed by atoms with Gasteiger partial charge in [-0.1, -0.05) is 90.6 Å². The van der Waals surface area contributed by atoms with Crippen LogP contribution < -0.4 is 30.8 Å². The third-order valence-electron chi connectivity index (χ3n) is 8.17.